The van der Waals surface area contributed by atoms with Crippen LogP contribution in [0, 0.1) is 0 Å². The van der Waals surface area contributed by atoms with Gasteiger partial charge in [-0.3, -0.25) is 29.2 Å². The van der Waals surface area contributed by atoms with E-state index in [0.717, 1.165) is 5.56 Å². The zero-order valence-corrected chi connectivity index (χ0v) is 20.4. The van der Waals surface area contributed by atoms with E-state index in [4.69, 9.17) is 4.74 Å². The van der Waals surface area contributed by atoms with Gasteiger partial charge in [0.05, 0.1) is 24.9 Å². The highest BCUT2D eigenvalue weighted by Gasteiger charge is 2.32. The Kier molecular flexibility index (Phi) is 10.4. The molecular formula is C22H33N4O8P. The smallest absolute Gasteiger partial charge is 0.339 e. The van der Waals surface area contributed by atoms with Crippen molar-refractivity contribution in [3.63, 3.8) is 0 Å². The fourth-order valence-corrected chi connectivity index (χ4v) is 5.01. The number of carbonyl (C=O) groups is 3. The number of fused-ring (bicyclic) bond motifs is 1. The molecular weight excluding hydrogens is 479 g/mol. The molecule has 35 heavy (non-hydrogen) atoms. The van der Waals surface area contributed by atoms with Crippen LogP contribution in [-0.2, 0) is 14.3 Å². The molecule has 2 aliphatic heterocycles. The predicted molar refractivity (Wildman–Crippen MR) is 127 cm³/mol. The minimum absolute atomic E-state index is 0.0513. The van der Waals surface area contributed by atoms with E-state index >= 15 is 0 Å². The summed E-state index contributed by atoms with van der Waals surface area (Å²) in [5, 5.41) is 18.7. The summed E-state index contributed by atoms with van der Waals surface area (Å²) in [5.41, 5.74) is 1.35. The van der Waals surface area contributed by atoms with Gasteiger partial charge < -0.3 is 24.7 Å². The Bertz CT molecular complexity index is 857. The molecule has 3 rings (SSSR count). The summed E-state index contributed by atoms with van der Waals surface area (Å²) in [5.74, 6) is -2.27. The van der Waals surface area contributed by atoms with Crippen LogP contribution in [-0.4, -0.2) is 136 Å². The van der Waals surface area contributed by atoms with Crippen LogP contribution in [0.25, 0.3) is 0 Å². The monoisotopic (exact) mass is 512 g/mol. The standard InChI is InChI=1S/C22H33N4O8P/c27-20(28)14-24-7-5-23(13-19-17-3-1-2-4-18(17)22(31)34-19)6-8-25(15-21(29)30)10-12-26(11-9-24)16-35(32)33/h1-4,19,32-33H,5-16H2,(H,27,28)(H,29,30). The second kappa shape index (κ2) is 13.2. The second-order valence-electron chi connectivity index (χ2n) is 8.75. The van der Waals surface area contributed by atoms with Crippen molar-refractivity contribution in [2.45, 2.75) is 6.10 Å². The topological polar surface area (TPSA) is 154 Å². The number of aliphatic carboxylic acids is 2. The lowest BCUT2D eigenvalue weighted by atomic mass is 10.0. The minimum atomic E-state index is -2.17. The first-order chi connectivity index (χ1) is 16.7. The van der Waals surface area contributed by atoms with E-state index in [1.165, 1.54) is 0 Å². The number of rotatable bonds is 8. The molecule has 2 aliphatic rings. The van der Waals surface area contributed by atoms with E-state index in [9.17, 15) is 34.4 Å². The fraction of sp³-hybridized carbons (Fsp3) is 0.591. The zero-order valence-electron chi connectivity index (χ0n) is 19.5. The molecule has 194 valence electrons. The molecule has 1 aromatic carbocycles. The first-order valence-electron chi connectivity index (χ1n) is 11.5. The third-order valence-corrected chi connectivity index (χ3v) is 6.83. The number of carboxylic acids is 2. The number of nitrogens with zero attached hydrogens (tertiary/aromatic N) is 4. The summed E-state index contributed by atoms with van der Waals surface area (Å²) < 4.78 is 5.59. The van der Waals surface area contributed by atoms with E-state index < -0.39 is 26.4 Å². The van der Waals surface area contributed by atoms with Crippen LogP contribution < -0.4 is 0 Å². The van der Waals surface area contributed by atoms with Gasteiger partial charge in [0, 0.05) is 64.5 Å². The molecule has 1 saturated heterocycles. The van der Waals surface area contributed by atoms with Crippen molar-refractivity contribution in [1.29, 1.82) is 0 Å². The Morgan fingerprint density at radius 2 is 1.31 bits per heavy atom. The van der Waals surface area contributed by atoms with Crippen LogP contribution in [0.4, 0.5) is 0 Å². The van der Waals surface area contributed by atoms with Gasteiger partial charge in [-0.05, 0) is 6.07 Å². The maximum atomic E-state index is 12.3. The Balaban J connectivity index is 1.75. The van der Waals surface area contributed by atoms with Gasteiger partial charge in [0.15, 0.2) is 8.38 Å². The van der Waals surface area contributed by atoms with Crippen LogP contribution in [0.1, 0.15) is 22.0 Å². The summed E-state index contributed by atoms with van der Waals surface area (Å²) in [4.78, 5) is 61.6. The highest BCUT2D eigenvalue weighted by molar-refractivity contribution is 7.44. The Hall–Kier alpha value is -2.18. The van der Waals surface area contributed by atoms with Crippen molar-refractivity contribution >= 4 is 26.3 Å². The maximum Gasteiger partial charge on any atom is 0.339 e. The molecule has 0 aliphatic carbocycles. The average Bonchev–Trinajstić information content (AvgIpc) is 3.10. The van der Waals surface area contributed by atoms with Gasteiger partial charge in [-0.1, -0.05) is 18.2 Å². The molecule has 13 heteroatoms. The van der Waals surface area contributed by atoms with E-state index in [1.807, 2.05) is 17.0 Å². The van der Waals surface area contributed by atoms with Gasteiger partial charge in [-0.15, -0.1) is 0 Å². The fourth-order valence-electron chi connectivity index (χ4n) is 4.37. The number of carboxylic acid groups (broad SMARTS) is 2. The van der Waals surface area contributed by atoms with E-state index in [2.05, 4.69) is 4.90 Å². The maximum absolute atomic E-state index is 12.3. The van der Waals surface area contributed by atoms with Gasteiger partial charge in [0.25, 0.3) is 0 Å². The van der Waals surface area contributed by atoms with E-state index in [-0.39, 0.29) is 25.3 Å². The molecule has 1 fully saturated rings. The first kappa shape index (κ1) is 27.4. The van der Waals surface area contributed by atoms with Gasteiger partial charge in [0.1, 0.15) is 6.10 Å². The summed E-state index contributed by atoms with van der Waals surface area (Å²) >= 11 is 0. The van der Waals surface area contributed by atoms with Crippen molar-refractivity contribution in [1.82, 2.24) is 19.6 Å². The number of esters is 1. The molecule has 0 bridgehead atoms. The molecule has 12 nitrogen and oxygen atoms in total. The Morgan fingerprint density at radius 1 is 0.829 bits per heavy atom. The quantitative estimate of drug-likeness (QED) is 0.263. The van der Waals surface area contributed by atoms with E-state index in [1.54, 1.807) is 21.9 Å². The highest BCUT2D eigenvalue weighted by atomic mass is 31.2. The van der Waals surface area contributed by atoms with Gasteiger partial charge >= 0.3 is 17.9 Å². The third kappa shape index (κ3) is 8.76. The van der Waals surface area contributed by atoms with Gasteiger partial charge in [-0.25, -0.2) is 4.79 Å². The molecule has 0 aromatic heterocycles. The van der Waals surface area contributed by atoms with Crippen molar-refractivity contribution in [2.75, 3.05) is 78.3 Å². The molecule has 1 unspecified atom stereocenters. The molecule has 1 aromatic rings. The number of hydrogen-bond donors (Lipinski definition) is 4. The van der Waals surface area contributed by atoms with Gasteiger partial charge in [-0.2, -0.15) is 0 Å². The lowest BCUT2D eigenvalue weighted by Gasteiger charge is -2.34. The van der Waals surface area contributed by atoms with Crippen molar-refractivity contribution in [3.05, 3.63) is 35.4 Å². The third-order valence-electron chi connectivity index (χ3n) is 6.17. The SMILES string of the molecule is O=C(O)CN1CCN(CC2OC(=O)c3ccccc32)CCN(CC(=O)O)CCN(CP(O)O)CC1. The van der Waals surface area contributed by atoms with Crippen molar-refractivity contribution < 1.29 is 39.1 Å². The molecule has 4 N–H and O–H groups in total. The molecule has 0 amide bonds. The lowest BCUT2D eigenvalue weighted by molar-refractivity contribution is -0.139. The summed E-state index contributed by atoms with van der Waals surface area (Å²) in [6, 6.07) is 7.23. The lowest BCUT2D eigenvalue weighted by Crippen LogP contribution is -2.48. The number of carbonyl (C=O) groups excluding carboxylic acids is 1. The molecule has 1 atom stereocenters. The number of hydrogen-bond acceptors (Lipinski definition) is 10. The zero-order chi connectivity index (χ0) is 25.4. The number of benzene rings is 1. The normalized spacial score (nSPS) is 21.8. The second-order valence-corrected chi connectivity index (χ2v) is 9.78. The minimum Gasteiger partial charge on any atom is -0.480 e. The van der Waals surface area contributed by atoms with Crippen LogP contribution in [0.15, 0.2) is 24.3 Å². The average molecular weight is 513 g/mol. The van der Waals surface area contributed by atoms with E-state index in [0.29, 0.717) is 64.5 Å². The molecule has 0 saturated carbocycles. The van der Waals surface area contributed by atoms with Gasteiger partial charge in [0.2, 0.25) is 0 Å². The van der Waals surface area contributed by atoms with Crippen LogP contribution in [0.3, 0.4) is 0 Å². The highest BCUT2D eigenvalue weighted by Crippen LogP contribution is 2.31. The molecule has 0 radical (unpaired) electrons. The number of ether oxygens (including phenoxy) is 1. The molecule has 2 heterocycles. The van der Waals surface area contributed by atoms with Crippen LogP contribution in [0.5, 0.6) is 0 Å². The Morgan fingerprint density at radius 3 is 1.83 bits per heavy atom. The summed E-state index contributed by atoms with van der Waals surface area (Å²) in [6.07, 6.45) is -0.397. The Labute approximate surface area is 205 Å². The summed E-state index contributed by atoms with van der Waals surface area (Å²) in [7, 11) is -2.17. The van der Waals surface area contributed by atoms with Crippen LogP contribution in [0.2, 0.25) is 0 Å². The number of cyclic esters (lactones) is 1. The largest absolute Gasteiger partial charge is 0.480 e. The van der Waals surface area contributed by atoms with Crippen molar-refractivity contribution in [3.8, 4) is 0 Å². The van der Waals surface area contributed by atoms with Crippen molar-refractivity contribution in [2.24, 2.45) is 0 Å². The predicted octanol–water partition coefficient (Wildman–Crippen LogP) is -0.457. The summed E-state index contributed by atoms with van der Waals surface area (Å²) in [6.45, 7) is 3.63. The van der Waals surface area contributed by atoms with Crippen LogP contribution >= 0.6 is 8.38 Å². The molecule has 0 spiro atoms. The first-order valence-corrected chi connectivity index (χ1v) is 12.9.